The number of carbonyl (C=O) groups excluding carboxylic acids is 1. The summed E-state index contributed by atoms with van der Waals surface area (Å²) in [6.07, 6.45) is 0. The zero-order chi connectivity index (χ0) is 15.4. The van der Waals surface area contributed by atoms with Crippen LogP contribution in [0.2, 0.25) is 0 Å². The first-order valence-electron chi connectivity index (χ1n) is 6.59. The lowest BCUT2D eigenvalue weighted by atomic mass is 10.1. The van der Waals surface area contributed by atoms with Crippen LogP contribution < -0.4 is 11.1 Å². The maximum absolute atomic E-state index is 11.5. The topological polar surface area (TPSA) is 111 Å². The summed E-state index contributed by atoms with van der Waals surface area (Å²) in [4.78, 5) is 23.8. The molecule has 0 saturated carbocycles. The second-order valence-electron chi connectivity index (χ2n) is 4.81. The Morgan fingerprint density at radius 1 is 1.62 bits per heavy atom. The number of nitro benzene ring substituents is 1. The molecular formula is C13H18N4O4. The highest BCUT2D eigenvalue weighted by atomic mass is 16.6. The second-order valence-corrected chi connectivity index (χ2v) is 4.81. The molecule has 1 unspecified atom stereocenters. The fourth-order valence-corrected chi connectivity index (χ4v) is 2.38. The molecule has 1 aromatic carbocycles. The maximum atomic E-state index is 11.5. The Kier molecular flexibility index (Phi) is 4.71. The maximum Gasteiger partial charge on any atom is 0.269 e. The van der Waals surface area contributed by atoms with E-state index in [-0.39, 0.29) is 12.3 Å². The lowest BCUT2D eigenvalue weighted by molar-refractivity contribution is -0.384. The van der Waals surface area contributed by atoms with Gasteiger partial charge < -0.3 is 15.8 Å². The Morgan fingerprint density at radius 3 is 3.00 bits per heavy atom. The first-order chi connectivity index (χ1) is 10.0. The van der Waals surface area contributed by atoms with Crippen LogP contribution in [0, 0.1) is 10.1 Å². The Morgan fingerprint density at radius 2 is 2.38 bits per heavy atom. The summed E-state index contributed by atoms with van der Waals surface area (Å²) in [6, 6.07) is 4.11. The number of amides is 1. The van der Waals surface area contributed by atoms with Gasteiger partial charge in [-0.1, -0.05) is 0 Å². The van der Waals surface area contributed by atoms with Crippen LogP contribution in [0.15, 0.2) is 18.2 Å². The minimum absolute atomic E-state index is 0.0212. The van der Waals surface area contributed by atoms with Crippen molar-refractivity contribution in [2.75, 3.05) is 32.1 Å². The van der Waals surface area contributed by atoms with Gasteiger partial charge in [-0.25, -0.2) is 0 Å². The number of primary amides is 1. The van der Waals surface area contributed by atoms with E-state index in [2.05, 4.69) is 5.32 Å². The van der Waals surface area contributed by atoms with Crippen LogP contribution in [0.1, 0.15) is 5.56 Å². The third kappa shape index (κ3) is 3.47. The van der Waals surface area contributed by atoms with Crippen molar-refractivity contribution in [3.05, 3.63) is 33.9 Å². The summed E-state index contributed by atoms with van der Waals surface area (Å²) < 4.78 is 5.26. The molecule has 1 amide bonds. The van der Waals surface area contributed by atoms with Crippen LogP contribution in [-0.2, 0) is 16.1 Å². The van der Waals surface area contributed by atoms with Gasteiger partial charge >= 0.3 is 0 Å². The molecule has 0 radical (unpaired) electrons. The number of hydrogen-bond donors (Lipinski definition) is 2. The molecule has 1 atom stereocenters. The van der Waals surface area contributed by atoms with Crippen LogP contribution in [0.5, 0.6) is 0 Å². The third-order valence-electron chi connectivity index (χ3n) is 3.51. The summed E-state index contributed by atoms with van der Waals surface area (Å²) in [7, 11) is 1.75. The molecule has 3 N–H and O–H groups in total. The zero-order valence-corrected chi connectivity index (χ0v) is 11.7. The van der Waals surface area contributed by atoms with E-state index in [1.165, 1.54) is 12.1 Å². The molecule has 114 valence electrons. The molecule has 8 nitrogen and oxygen atoms in total. The molecule has 2 rings (SSSR count). The number of nitrogens with zero attached hydrogens (tertiary/aromatic N) is 2. The molecule has 0 aromatic heterocycles. The number of anilines is 1. The minimum atomic E-state index is -0.511. The van der Waals surface area contributed by atoms with E-state index in [9.17, 15) is 14.9 Å². The van der Waals surface area contributed by atoms with E-state index in [4.69, 9.17) is 10.5 Å². The van der Waals surface area contributed by atoms with Crippen LogP contribution in [0.4, 0.5) is 11.4 Å². The molecule has 1 aromatic rings. The highest BCUT2D eigenvalue weighted by molar-refractivity contribution is 5.80. The first kappa shape index (κ1) is 15.2. The van der Waals surface area contributed by atoms with E-state index in [1.807, 2.05) is 4.90 Å². The van der Waals surface area contributed by atoms with Gasteiger partial charge in [-0.3, -0.25) is 19.8 Å². The fraction of sp³-hybridized carbons (Fsp3) is 0.462. The molecule has 1 saturated heterocycles. The van der Waals surface area contributed by atoms with Gasteiger partial charge in [-0.05, 0) is 11.6 Å². The van der Waals surface area contributed by atoms with E-state index in [1.54, 1.807) is 13.1 Å². The van der Waals surface area contributed by atoms with Crippen molar-refractivity contribution in [2.45, 2.75) is 12.6 Å². The van der Waals surface area contributed by atoms with Crippen molar-refractivity contribution in [3.8, 4) is 0 Å². The molecular weight excluding hydrogens is 276 g/mol. The molecule has 1 aliphatic heterocycles. The smallest absolute Gasteiger partial charge is 0.269 e. The van der Waals surface area contributed by atoms with Gasteiger partial charge in [-0.15, -0.1) is 0 Å². The minimum Gasteiger partial charge on any atom is -0.388 e. The zero-order valence-electron chi connectivity index (χ0n) is 11.7. The molecule has 0 aliphatic carbocycles. The van der Waals surface area contributed by atoms with Crippen LogP contribution in [0.25, 0.3) is 0 Å². The summed E-state index contributed by atoms with van der Waals surface area (Å²) in [5.74, 6) is -0.453. The Balaban J connectivity index is 2.25. The molecule has 1 heterocycles. The first-order valence-corrected chi connectivity index (χ1v) is 6.59. The number of nitrogens with one attached hydrogen (secondary N) is 1. The quantitative estimate of drug-likeness (QED) is 0.598. The number of hydrogen-bond acceptors (Lipinski definition) is 6. The van der Waals surface area contributed by atoms with Gasteiger partial charge in [0.15, 0.2) is 0 Å². The molecule has 1 fully saturated rings. The van der Waals surface area contributed by atoms with Gasteiger partial charge in [-0.2, -0.15) is 0 Å². The van der Waals surface area contributed by atoms with Gasteiger partial charge in [0.1, 0.15) is 6.04 Å². The highest BCUT2D eigenvalue weighted by Gasteiger charge is 2.28. The van der Waals surface area contributed by atoms with E-state index in [0.717, 1.165) is 11.3 Å². The van der Waals surface area contributed by atoms with Crippen LogP contribution in [-0.4, -0.2) is 48.6 Å². The number of carbonyl (C=O) groups is 1. The lowest BCUT2D eigenvalue weighted by Crippen LogP contribution is -2.51. The summed E-state index contributed by atoms with van der Waals surface area (Å²) >= 11 is 0. The molecule has 0 bridgehead atoms. The molecule has 8 heteroatoms. The molecule has 1 aliphatic rings. The van der Waals surface area contributed by atoms with Crippen molar-refractivity contribution in [1.29, 1.82) is 0 Å². The van der Waals surface area contributed by atoms with Crippen molar-refractivity contribution >= 4 is 17.3 Å². The predicted octanol–water partition coefficient (Wildman–Crippen LogP) is 0.323. The summed E-state index contributed by atoms with van der Waals surface area (Å²) in [6.45, 7) is 1.71. The average Bonchev–Trinajstić information content (AvgIpc) is 2.47. The largest absolute Gasteiger partial charge is 0.388 e. The summed E-state index contributed by atoms with van der Waals surface area (Å²) in [5, 5.41) is 13.9. The van der Waals surface area contributed by atoms with Gasteiger partial charge in [0.05, 0.1) is 18.1 Å². The highest BCUT2D eigenvalue weighted by Crippen LogP contribution is 2.24. The Hall–Kier alpha value is -2.19. The predicted molar refractivity (Wildman–Crippen MR) is 76.9 cm³/mol. The van der Waals surface area contributed by atoms with E-state index < -0.39 is 16.9 Å². The number of nitrogens with two attached hydrogens (primary N) is 1. The third-order valence-corrected chi connectivity index (χ3v) is 3.51. The number of benzene rings is 1. The Labute approximate surface area is 122 Å². The average molecular weight is 294 g/mol. The number of non-ortho nitro benzene ring substituents is 1. The number of rotatable bonds is 5. The number of ether oxygens (including phenoxy) is 1. The summed E-state index contributed by atoms with van der Waals surface area (Å²) in [5.41, 5.74) is 6.93. The molecule has 0 spiro atoms. The van der Waals surface area contributed by atoms with Crippen molar-refractivity contribution in [3.63, 3.8) is 0 Å². The number of nitro groups is 1. The lowest BCUT2D eigenvalue weighted by Gasteiger charge is -2.33. The second kappa shape index (κ2) is 6.51. The van der Waals surface area contributed by atoms with Gasteiger partial charge in [0, 0.05) is 38.0 Å². The van der Waals surface area contributed by atoms with Crippen LogP contribution >= 0.6 is 0 Å². The van der Waals surface area contributed by atoms with Crippen molar-refractivity contribution < 1.29 is 14.5 Å². The monoisotopic (exact) mass is 294 g/mol. The van der Waals surface area contributed by atoms with Crippen molar-refractivity contribution in [2.24, 2.45) is 5.73 Å². The molecule has 21 heavy (non-hydrogen) atoms. The Bertz CT molecular complexity index is 549. The fourth-order valence-electron chi connectivity index (χ4n) is 2.38. The normalized spacial score (nSPS) is 19.2. The van der Waals surface area contributed by atoms with Crippen molar-refractivity contribution in [1.82, 2.24) is 4.90 Å². The number of morpholine rings is 1. The SMILES string of the molecule is CNc1ccc([N+](=O)[O-])cc1CN1CCOCC1C(N)=O. The van der Waals surface area contributed by atoms with Gasteiger partial charge in [0.25, 0.3) is 5.69 Å². The standard InChI is InChI=1S/C13H18N4O4/c1-15-11-3-2-10(17(19)20)6-9(11)7-16-4-5-21-8-12(16)13(14)18/h2-3,6,12,15H,4-5,7-8H2,1H3,(H2,14,18). The van der Waals surface area contributed by atoms with Crippen LogP contribution in [0.3, 0.4) is 0 Å². The van der Waals surface area contributed by atoms with Gasteiger partial charge in [0.2, 0.25) is 5.91 Å². The van der Waals surface area contributed by atoms with E-state index >= 15 is 0 Å². The van der Waals surface area contributed by atoms with E-state index in [0.29, 0.717) is 19.7 Å².